The largest absolute Gasteiger partial charge is 0.457 e. The lowest BCUT2D eigenvalue weighted by Crippen LogP contribution is -1.95. The third kappa shape index (κ3) is 4.10. The van der Waals surface area contributed by atoms with Gasteiger partial charge in [0.05, 0.1) is 5.39 Å². The highest BCUT2D eigenvalue weighted by Gasteiger charge is 2.14. The van der Waals surface area contributed by atoms with Crippen LogP contribution in [0.1, 0.15) is 0 Å². The molecular weight excluding hydrogens is 422 g/mol. The third-order valence-corrected chi connectivity index (χ3v) is 6.04. The van der Waals surface area contributed by atoms with Gasteiger partial charge in [-0.3, -0.25) is 0 Å². The second-order valence-electron chi connectivity index (χ2n) is 6.09. The molecule has 3 aromatic heterocycles. The zero-order valence-corrected chi connectivity index (χ0v) is 17.6. The molecule has 0 saturated heterocycles. The van der Waals surface area contributed by atoms with Crippen molar-refractivity contribution in [2.24, 2.45) is 0 Å². The number of para-hydroxylation sites is 1. The molecule has 0 fully saturated rings. The average Bonchev–Trinajstić information content (AvgIpc) is 3.40. The Bertz CT molecular complexity index is 1210. The second kappa shape index (κ2) is 8.61. The minimum Gasteiger partial charge on any atom is -0.457 e. The van der Waals surface area contributed by atoms with Gasteiger partial charge in [0.2, 0.25) is 0 Å². The summed E-state index contributed by atoms with van der Waals surface area (Å²) in [5.41, 5.74) is 2.12. The number of rotatable bonds is 5. The summed E-state index contributed by atoms with van der Waals surface area (Å²) in [5.74, 6) is 2.42. The fraction of sp³-hybridized carbons (Fsp3) is 0. The number of ether oxygens (including phenoxy) is 1. The SMILES string of the molecule is Cl.c1ccc(Oc2ccc(Nc3ncnc4scc(-c5cccs5)c34)cc2)cc1. The molecule has 1 N–H and O–H groups in total. The number of halogens is 1. The van der Waals surface area contributed by atoms with E-state index in [0.717, 1.165) is 33.2 Å². The van der Waals surface area contributed by atoms with Gasteiger partial charge >= 0.3 is 0 Å². The van der Waals surface area contributed by atoms with Crippen LogP contribution in [0.2, 0.25) is 0 Å². The number of nitrogens with one attached hydrogen (secondary N) is 1. The first kappa shape index (κ1) is 19.4. The maximum Gasteiger partial charge on any atom is 0.143 e. The molecule has 0 aliphatic rings. The fourth-order valence-corrected chi connectivity index (χ4v) is 4.68. The van der Waals surface area contributed by atoms with Crippen molar-refractivity contribution in [1.82, 2.24) is 9.97 Å². The molecule has 0 amide bonds. The first-order chi connectivity index (χ1) is 13.9. The molecular formula is C22H16ClN3OS2. The van der Waals surface area contributed by atoms with E-state index < -0.39 is 0 Å². The molecule has 0 spiro atoms. The Kier molecular flexibility index (Phi) is 5.76. The van der Waals surface area contributed by atoms with Crippen LogP contribution in [-0.2, 0) is 0 Å². The summed E-state index contributed by atoms with van der Waals surface area (Å²) in [4.78, 5) is 11.1. The van der Waals surface area contributed by atoms with E-state index in [1.807, 2.05) is 54.6 Å². The van der Waals surface area contributed by atoms with E-state index in [1.165, 1.54) is 10.4 Å². The van der Waals surface area contributed by atoms with Gasteiger partial charge in [0.1, 0.15) is 28.5 Å². The highest BCUT2D eigenvalue weighted by atomic mass is 35.5. The molecule has 29 heavy (non-hydrogen) atoms. The number of hydrogen-bond acceptors (Lipinski definition) is 6. The van der Waals surface area contributed by atoms with E-state index >= 15 is 0 Å². The molecule has 2 aromatic carbocycles. The lowest BCUT2D eigenvalue weighted by molar-refractivity contribution is 0.483. The Morgan fingerprint density at radius 1 is 0.793 bits per heavy atom. The van der Waals surface area contributed by atoms with Crippen LogP contribution in [0.3, 0.4) is 0 Å². The number of aromatic nitrogens is 2. The second-order valence-corrected chi connectivity index (χ2v) is 7.90. The Morgan fingerprint density at radius 2 is 1.59 bits per heavy atom. The maximum atomic E-state index is 5.86. The highest BCUT2D eigenvalue weighted by molar-refractivity contribution is 7.18. The minimum atomic E-state index is 0. The molecule has 144 valence electrons. The van der Waals surface area contributed by atoms with Gasteiger partial charge in [-0.2, -0.15) is 0 Å². The standard InChI is InChI=1S/C22H15N3OS2.ClH/c1-2-5-16(6-3-1)26-17-10-8-15(9-11-17)25-21-20-18(19-7-4-12-27-19)13-28-22(20)24-14-23-21;/h1-14H,(H,23,24,25);1H. The van der Waals surface area contributed by atoms with Gasteiger partial charge < -0.3 is 10.1 Å². The predicted octanol–water partition coefficient (Wildman–Crippen LogP) is 7.38. The molecule has 0 unspecified atom stereocenters. The van der Waals surface area contributed by atoms with Gasteiger partial charge in [0.25, 0.3) is 0 Å². The molecule has 0 radical (unpaired) electrons. The van der Waals surface area contributed by atoms with Crippen LogP contribution in [0.4, 0.5) is 11.5 Å². The highest BCUT2D eigenvalue weighted by Crippen LogP contribution is 2.39. The normalized spacial score (nSPS) is 10.5. The Labute approximate surface area is 182 Å². The third-order valence-electron chi connectivity index (χ3n) is 4.25. The smallest absolute Gasteiger partial charge is 0.143 e. The van der Waals surface area contributed by atoms with E-state index in [1.54, 1.807) is 29.0 Å². The molecule has 0 aliphatic heterocycles. The van der Waals surface area contributed by atoms with Crippen molar-refractivity contribution >= 4 is 56.8 Å². The fourth-order valence-electron chi connectivity index (χ4n) is 2.95. The van der Waals surface area contributed by atoms with Crippen LogP contribution in [0.5, 0.6) is 11.5 Å². The number of hydrogen-bond donors (Lipinski definition) is 1. The lowest BCUT2D eigenvalue weighted by atomic mass is 10.2. The van der Waals surface area contributed by atoms with Crippen molar-refractivity contribution in [2.45, 2.75) is 0 Å². The Balaban J connectivity index is 0.00000205. The van der Waals surface area contributed by atoms with E-state index in [9.17, 15) is 0 Å². The molecule has 4 nitrogen and oxygen atoms in total. The van der Waals surface area contributed by atoms with Crippen LogP contribution >= 0.6 is 35.1 Å². The summed E-state index contributed by atoms with van der Waals surface area (Å²) in [6, 6.07) is 21.8. The Morgan fingerprint density at radius 3 is 2.34 bits per heavy atom. The van der Waals surface area contributed by atoms with Crippen molar-refractivity contribution in [2.75, 3.05) is 5.32 Å². The molecule has 0 aliphatic carbocycles. The molecule has 3 heterocycles. The van der Waals surface area contributed by atoms with Crippen molar-refractivity contribution in [3.05, 3.63) is 83.8 Å². The zero-order valence-electron chi connectivity index (χ0n) is 15.1. The van der Waals surface area contributed by atoms with Crippen molar-refractivity contribution in [1.29, 1.82) is 0 Å². The van der Waals surface area contributed by atoms with Gasteiger partial charge in [0, 0.05) is 21.5 Å². The Hall–Kier alpha value is -2.93. The number of benzene rings is 2. The van der Waals surface area contributed by atoms with Crippen molar-refractivity contribution in [3.8, 4) is 21.9 Å². The van der Waals surface area contributed by atoms with E-state index in [4.69, 9.17) is 4.74 Å². The monoisotopic (exact) mass is 437 g/mol. The van der Waals surface area contributed by atoms with Crippen LogP contribution in [0.15, 0.2) is 83.8 Å². The number of fused-ring (bicyclic) bond motifs is 1. The molecule has 5 aromatic rings. The number of anilines is 2. The summed E-state index contributed by atoms with van der Waals surface area (Å²) >= 11 is 3.36. The maximum absolute atomic E-state index is 5.86. The van der Waals surface area contributed by atoms with Gasteiger partial charge in [-0.1, -0.05) is 24.3 Å². The molecule has 7 heteroatoms. The van der Waals surface area contributed by atoms with Crippen molar-refractivity contribution in [3.63, 3.8) is 0 Å². The van der Waals surface area contributed by atoms with Gasteiger partial charge in [-0.15, -0.1) is 35.1 Å². The summed E-state index contributed by atoms with van der Waals surface area (Å²) in [7, 11) is 0. The van der Waals surface area contributed by atoms with Gasteiger partial charge in [-0.25, -0.2) is 9.97 Å². The van der Waals surface area contributed by atoms with Crippen LogP contribution in [0.25, 0.3) is 20.7 Å². The molecule has 5 rings (SSSR count). The quantitative estimate of drug-likeness (QED) is 0.311. The summed E-state index contributed by atoms with van der Waals surface area (Å²) in [5, 5.41) is 8.72. The van der Waals surface area contributed by atoms with E-state index in [-0.39, 0.29) is 12.4 Å². The zero-order chi connectivity index (χ0) is 18.8. The average molecular weight is 438 g/mol. The number of nitrogens with zero attached hydrogens (tertiary/aromatic N) is 2. The summed E-state index contributed by atoms with van der Waals surface area (Å²) < 4.78 is 5.86. The van der Waals surface area contributed by atoms with Gasteiger partial charge in [-0.05, 0) is 47.8 Å². The topological polar surface area (TPSA) is 47.0 Å². The summed E-state index contributed by atoms with van der Waals surface area (Å²) in [6.45, 7) is 0. The van der Waals surface area contributed by atoms with Crippen LogP contribution in [-0.4, -0.2) is 9.97 Å². The minimum absolute atomic E-state index is 0. The van der Waals surface area contributed by atoms with E-state index in [0.29, 0.717) is 0 Å². The first-order valence-corrected chi connectivity index (χ1v) is 10.5. The first-order valence-electron chi connectivity index (χ1n) is 8.73. The van der Waals surface area contributed by atoms with E-state index in [2.05, 4.69) is 38.2 Å². The van der Waals surface area contributed by atoms with Crippen LogP contribution in [0, 0.1) is 0 Å². The molecule has 0 atom stereocenters. The number of thiophene rings is 2. The summed E-state index contributed by atoms with van der Waals surface area (Å²) in [6.07, 6.45) is 1.60. The van der Waals surface area contributed by atoms with Crippen molar-refractivity contribution < 1.29 is 4.74 Å². The molecule has 0 saturated carbocycles. The molecule has 0 bridgehead atoms. The van der Waals surface area contributed by atoms with Crippen LogP contribution < -0.4 is 10.1 Å². The predicted molar refractivity (Wildman–Crippen MR) is 124 cm³/mol. The van der Waals surface area contributed by atoms with Gasteiger partial charge in [0.15, 0.2) is 0 Å². The lowest BCUT2D eigenvalue weighted by Gasteiger charge is -2.09.